The van der Waals surface area contributed by atoms with Crippen molar-refractivity contribution in [2.45, 2.75) is 289 Å². The van der Waals surface area contributed by atoms with Crippen molar-refractivity contribution in [3.63, 3.8) is 0 Å². The zero-order chi connectivity index (χ0) is 47.3. The molecule has 0 aromatic carbocycles. The van der Waals surface area contributed by atoms with Gasteiger partial charge in [0.2, 0.25) is 0 Å². The number of nitrogens with two attached hydrogens (primary N) is 3. The Labute approximate surface area is 440 Å². The van der Waals surface area contributed by atoms with E-state index >= 15 is 0 Å². The van der Waals surface area contributed by atoms with Gasteiger partial charge in [-0.3, -0.25) is 0 Å². The Hall–Kier alpha value is -2.18. The second kappa shape index (κ2) is 78.3. The lowest BCUT2D eigenvalue weighted by Crippen LogP contribution is -2.36. The molecule has 0 aromatic heterocycles. The molecule has 0 amide bonds. The Kier molecular flexibility index (Phi) is 101. The van der Waals surface area contributed by atoms with E-state index in [0.717, 1.165) is 25.7 Å². The highest BCUT2D eigenvalue weighted by atomic mass is 16.3. The van der Waals surface area contributed by atoms with Crippen LogP contribution in [0, 0.1) is 0 Å². The van der Waals surface area contributed by atoms with Crippen molar-refractivity contribution >= 4 is 0 Å². The van der Waals surface area contributed by atoms with E-state index in [2.05, 4.69) is 45.1 Å². The van der Waals surface area contributed by atoms with E-state index in [9.17, 15) is 15.3 Å². The molecule has 0 aromatic rings. The maximum absolute atomic E-state index is 9.51. The topological polar surface area (TPSA) is 199 Å². The van der Waals surface area contributed by atoms with Gasteiger partial charge in [0.25, 0.3) is 0 Å². The molecule has 0 bridgehead atoms. The molecule has 0 fully saturated rings. The largest absolute Gasteiger partial charge is 0.395 e. The van der Waals surface area contributed by atoms with Crippen LogP contribution in [0.15, 0.2) is 85.1 Å². The highest BCUT2D eigenvalue weighted by molar-refractivity contribution is 5.13. The second-order valence-corrected chi connectivity index (χ2v) is 16.9. The van der Waals surface area contributed by atoms with Crippen molar-refractivity contribution in [1.82, 2.24) is 0 Å². The van der Waals surface area contributed by atoms with Crippen LogP contribution >= 0.6 is 0 Å². The summed E-state index contributed by atoms with van der Waals surface area (Å²) < 4.78 is 0. The van der Waals surface area contributed by atoms with Gasteiger partial charge in [-0.2, -0.15) is 0 Å². The predicted molar refractivity (Wildman–Crippen MR) is 321 cm³/mol. The minimum Gasteiger partial charge on any atom is -0.395 e. The summed E-state index contributed by atoms with van der Waals surface area (Å²) in [5.41, 5.74) is 16.5. The van der Waals surface area contributed by atoms with E-state index in [0.29, 0.717) is 0 Å². The molecular weight excluding hydrogens is 871 g/mol. The zero-order valence-corrected chi connectivity index (χ0v) is 40.9. The molecule has 0 spiro atoms. The van der Waals surface area contributed by atoms with E-state index in [-0.39, 0.29) is 71.8 Å². The molecule has 70 heavy (non-hydrogen) atoms. The van der Waals surface area contributed by atoms with E-state index in [4.69, 9.17) is 32.5 Å². The van der Waals surface area contributed by atoms with Crippen molar-refractivity contribution in [3.8, 4) is 0 Å². The molecular formula is C61H131N3O6. The number of aliphatic hydroxyl groups excluding tert-OH is 6. The number of allylic oxidation sites excluding steroid dienone is 11. The van der Waals surface area contributed by atoms with Crippen molar-refractivity contribution in [3.05, 3.63) is 85.1 Å². The van der Waals surface area contributed by atoms with Gasteiger partial charge < -0.3 is 47.8 Å². The lowest BCUT2D eigenvalue weighted by molar-refractivity contribution is 0.143. The van der Waals surface area contributed by atoms with Gasteiger partial charge in [-0.25, -0.2) is 0 Å². The standard InChI is InChI=1S/2C18H35NO2.C18H33NO2.7CH4/c3*1-2-3-4-5-6-7-8-9-10-11-12-13-14-15-18(21)17(19)16-20;;;;;;;/h12-15,17-18,20-21H,2-11,16,19H2,1H3;10-11,14-15,17-18,20-21H,2-9,12-13,16,19H2,1H3;10-15,17-18,20-21H,2-9,16,19H2,1H3;7*1H4/b13-12+,15-14+;11-10+,15-14+;11-10+,13-12+,15-14+;;;;;;;/t2*17-,18+;17-,18?;;;;;;;/m000......./s1. The lowest BCUT2D eigenvalue weighted by atomic mass is 10.1. The SMILES string of the molecule is C.C.C.C.C.C.C.CCCCCCCCC/C=C/C=C/C=C/C(O)[C@@H](N)CO.CCCCCCCCC/C=C/CC/C=C/[C@@H](O)[C@@H](N)CO.CCCCCCCCCCC/C=C/C=C/[C@@H](O)[C@@H](N)CO. The highest BCUT2D eigenvalue weighted by Crippen LogP contribution is 2.12. The molecule has 0 saturated heterocycles. The predicted octanol–water partition coefficient (Wildman–Crippen LogP) is 15.3. The summed E-state index contributed by atoms with van der Waals surface area (Å²) in [4.78, 5) is 0. The number of hydrogen-bond acceptors (Lipinski definition) is 9. The molecule has 6 atom stereocenters. The van der Waals surface area contributed by atoms with E-state index in [1.54, 1.807) is 30.4 Å². The third-order valence-corrected chi connectivity index (χ3v) is 10.7. The molecule has 0 radical (unpaired) electrons. The van der Waals surface area contributed by atoms with E-state index < -0.39 is 36.4 Å². The van der Waals surface area contributed by atoms with Crippen LogP contribution in [-0.4, -0.2) is 86.9 Å². The Balaban J connectivity index is -0.0000000918. The highest BCUT2D eigenvalue weighted by Gasteiger charge is 2.10. The van der Waals surface area contributed by atoms with Gasteiger partial charge in [-0.1, -0.05) is 286 Å². The quantitative estimate of drug-likeness (QED) is 0.0162. The first-order valence-electron chi connectivity index (χ1n) is 25.4. The average molecular weight is 1000 g/mol. The van der Waals surface area contributed by atoms with Crippen LogP contribution in [0.4, 0.5) is 0 Å². The Morgan fingerprint density at radius 3 is 0.871 bits per heavy atom. The van der Waals surface area contributed by atoms with Crippen LogP contribution in [0.3, 0.4) is 0 Å². The molecule has 0 heterocycles. The first-order valence-corrected chi connectivity index (χ1v) is 25.4. The number of aliphatic hydroxyl groups is 6. The summed E-state index contributed by atoms with van der Waals surface area (Å²) in [5, 5.41) is 54.8. The normalized spacial score (nSPS) is 13.7. The molecule has 0 aliphatic carbocycles. The van der Waals surface area contributed by atoms with Gasteiger partial charge in [0.05, 0.1) is 56.3 Å². The van der Waals surface area contributed by atoms with Crippen LogP contribution in [0.1, 0.15) is 253 Å². The van der Waals surface area contributed by atoms with Crippen LogP contribution in [0.25, 0.3) is 0 Å². The van der Waals surface area contributed by atoms with Crippen LogP contribution < -0.4 is 17.2 Å². The zero-order valence-electron chi connectivity index (χ0n) is 40.9. The smallest absolute Gasteiger partial charge is 0.0897 e. The fourth-order valence-corrected chi connectivity index (χ4v) is 6.26. The summed E-state index contributed by atoms with van der Waals surface area (Å²) >= 11 is 0. The maximum Gasteiger partial charge on any atom is 0.0897 e. The van der Waals surface area contributed by atoms with Crippen molar-refractivity contribution in [1.29, 1.82) is 0 Å². The lowest BCUT2D eigenvalue weighted by Gasteiger charge is -2.11. The molecule has 0 aliphatic rings. The number of hydrogen-bond donors (Lipinski definition) is 9. The van der Waals surface area contributed by atoms with Gasteiger partial charge in [0.15, 0.2) is 0 Å². The fraction of sp³-hybridized carbons (Fsp3) is 0.770. The first kappa shape index (κ1) is 90.6. The van der Waals surface area contributed by atoms with Gasteiger partial charge >= 0.3 is 0 Å². The Bertz CT molecular complexity index is 1090. The molecule has 1 unspecified atom stereocenters. The fourth-order valence-electron chi connectivity index (χ4n) is 6.26. The maximum atomic E-state index is 9.51. The van der Waals surface area contributed by atoms with Gasteiger partial charge in [0.1, 0.15) is 0 Å². The molecule has 0 saturated carbocycles. The molecule has 0 aliphatic heterocycles. The summed E-state index contributed by atoms with van der Waals surface area (Å²) in [6.45, 7) is 6.15. The van der Waals surface area contributed by atoms with Crippen molar-refractivity contribution in [2.24, 2.45) is 17.2 Å². The number of rotatable bonds is 41. The van der Waals surface area contributed by atoms with E-state index in [1.165, 1.54) is 154 Å². The molecule has 9 nitrogen and oxygen atoms in total. The number of unbranched alkanes of at least 4 members (excludes halogenated alkanes) is 24. The monoisotopic (exact) mass is 1000 g/mol. The first-order chi connectivity index (χ1) is 30.7. The Morgan fingerprint density at radius 2 is 0.529 bits per heavy atom. The van der Waals surface area contributed by atoms with Gasteiger partial charge in [-0.15, -0.1) is 0 Å². The third kappa shape index (κ3) is 74.8. The summed E-state index contributed by atoms with van der Waals surface area (Å²) in [6, 6.07) is -1.77. The van der Waals surface area contributed by atoms with E-state index in [1.807, 2.05) is 30.4 Å². The molecule has 12 N–H and O–H groups in total. The minimum atomic E-state index is -0.795. The van der Waals surface area contributed by atoms with Crippen LogP contribution in [0.2, 0.25) is 0 Å². The van der Waals surface area contributed by atoms with Crippen LogP contribution in [0.5, 0.6) is 0 Å². The average Bonchev–Trinajstić information content (AvgIpc) is 3.30. The molecule has 0 rings (SSSR count). The third-order valence-electron chi connectivity index (χ3n) is 10.7. The minimum absolute atomic E-state index is 0. The van der Waals surface area contributed by atoms with Crippen molar-refractivity contribution < 1.29 is 30.6 Å². The van der Waals surface area contributed by atoms with Crippen molar-refractivity contribution in [2.75, 3.05) is 19.8 Å². The summed E-state index contributed by atoms with van der Waals surface area (Å²) in [6.07, 6.45) is 60.9. The van der Waals surface area contributed by atoms with Gasteiger partial charge in [0, 0.05) is 0 Å². The summed E-state index contributed by atoms with van der Waals surface area (Å²) in [5.74, 6) is 0. The summed E-state index contributed by atoms with van der Waals surface area (Å²) in [7, 11) is 0. The molecule has 9 heteroatoms. The van der Waals surface area contributed by atoms with Crippen LogP contribution in [-0.2, 0) is 0 Å². The second-order valence-electron chi connectivity index (χ2n) is 16.9. The van der Waals surface area contributed by atoms with Gasteiger partial charge in [-0.05, 0) is 51.4 Å². The Morgan fingerprint density at radius 1 is 0.286 bits per heavy atom. The molecule has 426 valence electrons.